The molecule has 0 saturated carbocycles. The van der Waals surface area contributed by atoms with Crippen LogP contribution in [-0.4, -0.2) is 19.4 Å². The maximum absolute atomic E-state index is 12.7. The topological polar surface area (TPSA) is 52.3 Å². The van der Waals surface area contributed by atoms with Crippen LogP contribution in [0.5, 0.6) is 5.75 Å². The number of carbonyl (C=O) groups excluding carboxylic acids is 1. The van der Waals surface area contributed by atoms with Gasteiger partial charge in [0, 0.05) is 5.56 Å². The number of hydrogen-bond acceptors (Lipinski definition) is 3. The van der Waals surface area contributed by atoms with Crippen LogP contribution >= 0.6 is 11.6 Å². The average molecular weight is 268 g/mol. The molecule has 7 heteroatoms. The zero-order chi connectivity index (χ0) is 13.2. The van der Waals surface area contributed by atoms with Gasteiger partial charge in [-0.15, -0.1) is 0 Å². The van der Waals surface area contributed by atoms with E-state index in [2.05, 4.69) is 4.74 Å². The van der Waals surface area contributed by atoms with Crippen molar-refractivity contribution in [2.24, 2.45) is 5.73 Å². The lowest BCUT2D eigenvalue weighted by molar-refractivity contribution is -0.138. The van der Waals surface area contributed by atoms with Crippen LogP contribution in [0.4, 0.5) is 13.2 Å². The number of ether oxygens (including phenoxy) is 1. The normalized spacial score (nSPS) is 11.4. The molecule has 1 aromatic rings. The van der Waals surface area contributed by atoms with Gasteiger partial charge < -0.3 is 10.5 Å². The SMILES string of the molecule is COc1c(Cl)cc(C(=O)CN)cc1C(F)(F)F. The van der Waals surface area contributed by atoms with Gasteiger partial charge in [0.15, 0.2) is 5.78 Å². The fourth-order valence-corrected chi connectivity index (χ4v) is 1.59. The van der Waals surface area contributed by atoms with E-state index in [0.29, 0.717) is 6.07 Å². The minimum atomic E-state index is -4.65. The first-order chi connectivity index (χ1) is 7.81. The van der Waals surface area contributed by atoms with Gasteiger partial charge in [0.1, 0.15) is 5.75 Å². The molecule has 0 saturated heterocycles. The summed E-state index contributed by atoms with van der Waals surface area (Å²) < 4.78 is 42.6. The zero-order valence-corrected chi connectivity index (χ0v) is 9.52. The van der Waals surface area contributed by atoms with Crippen molar-refractivity contribution in [2.45, 2.75) is 6.18 Å². The van der Waals surface area contributed by atoms with Crippen LogP contribution in [0.25, 0.3) is 0 Å². The number of ketones is 1. The summed E-state index contributed by atoms with van der Waals surface area (Å²) in [5.41, 5.74) is 3.80. The number of hydrogen-bond donors (Lipinski definition) is 1. The van der Waals surface area contributed by atoms with Crippen LogP contribution in [0.2, 0.25) is 5.02 Å². The van der Waals surface area contributed by atoms with Crippen molar-refractivity contribution in [2.75, 3.05) is 13.7 Å². The van der Waals surface area contributed by atoms with Gasteiger partial charge in [0.25, 0.3) is 0 Å². The van der Waals surface area contributed by atoms with Crippen LogP contribution in [0.15, 0.2) is 12.1 Å². The van der Waals surface area contributed by atoms with E-state index in [-0.39, 0.29) is 17.1 Å². The summed E-state index contributed by atoms with van der Waals surface area (Å²) in [4.78, 5) is 11.3. The van der Waals surface area contributed by atoms with Crippen LogP contribution in [-0.2, 0) is 6.18 Å². The molecule has 0 fully saturated rings. The third-order valence-corrected chi connectivity index (χ3v) is 2.34. The highest BCUT2D eigenvalue weighted by molar-refractivity contribution is 6.32. The first kappa shape index (κ1) is 13.8. The second-order valence-corrected chi connectivity index (χ2v) is 3.57. The van der Waals surface area contributed by atoms with Crippen molar-refractivity contribution < 1.29 is 22.7 Å². The molecule has 2 N–H and O–H groups in total. The van der Waals surface area contributed by atoms with Crippen LogP contribution in [0, 0.1) is 0 Å². The number of benzene rings is 1. The van der Waals surface area contributed by atoms with Gasteiger partial charge in [-0.05, 0) is 12.1 Å². The number of methoxy groups -OCH3 is 1. The van der Waals surface area contributed by atoms with Gasteiger partial charge in [-0.2, -0.15) is 13.2 Å². The Labute approximate surface area is 100 Å². The van der Waals surface area contributed by atoms with E-state index in [9.17, 15) is 18.0 Å². The monoisotopic (exact) mass is 267 g/mol. The fraction of sp³-hybridized carbons (Fsp3) is 0.300. The molecule has 1 aromatic carbocycles. The summed E-state index contributed by atoms with van der Waals surface area (Å²) in [6.45, 7) is -0.389. The molecule has 0 bridgehead atoms. The maximum Gasteiger partial charge on any atom is 0.420 e. The molecule has 0 aromatic heterocycles. The summed E-state index contributed by atoms with van der Waals surface area (Å²) in [5.74, 6) is -1.13. The van der Waals surface area contributed by atoms with Crippen molar-refractivity contribution in [1.29, 1.82) is 0 Å². The van der Waals surface area contributed by atoms with Gasteiger partial charge >= 0.3 is 6.18 Å². The van der Waals surface area contributed by atoms with Crippen molar-refractivity contribution >= 4 is 17.4 Å². The quantitative estimate of drug-likeness (QED) is 0.856. The molecule has 0 aliphatic carbocycles. The molecule has 0 spiro atoms. The van der Waals surface area contributed by atoms with Crippen molar-refractivity contribution in [3.05, 3.63) is 28.3 Å². The van der Waals surface area contributed by atoms with E-state index in [4.69, 9.17) is 17.3 Å². The Bertz CT molecular complexity index is 446. The maximum atomic E-state index is 12.7. The Kier molecular flexibility index (Phi) is 4.00. The second kappa shape index (κ2) is 4.93. The van der Waals surface area contributed by atoms with Crippen molar-refractivity contribution in [3.63, 3.8) is 0 Å². The van der Waals surface area contributed by atoms with Gasteiger partial charge in [-0.1, -0.05) is 11.6 Å². The summed E-state index contributed by atoms with van der Waals surface area (Å²) in [6, 6.07) is 1.78. The second-order valence-electron chi connectivity index (χ2n) is 3.16. The smallest absolute Gasteiger partial charge is 0.420 e. The number of alkyl halides is 3. The van der Waals surface area contributed by atoms with E-state index in [1.807, 2.05) is 0 Å². The number of Topliss-reactive ketones (excluding diaryl/α,β-unsaturated/α-hetero) is 1. The van der Waals surface area contributed by atoms with Crippen molar-refractivity contribution in [3.8, 4) is 5.75 Å². The molecule has 0 aliphatic rings. The Balaban J connectivity index is 3.44. The molecule has 0 radical (unpaired) electrons. The molecule has 0 amide bonds. The summed E-state index contributed by atoms with van der Waals surface area (Å²) >= 11 is 5.62. The van der Waals surface area contributed by atoms with Gasteiger partial charge in [-0.25, -0.2) is 0 Å². The molecule has 3 nitrogen and oxygen atoms in total. The molecule has 0 aliphatic heterocycles. The Morgan fingerprint density at radius 1 is 1.47 bits per heavy atom. The predicted molar refractivity (Wildman–Crippen MR) is 56.4 cm³/mol. The number of rotatable bonds is 3. The largest absolute Gasteiger partial charge is 0.495 e. The molecule has 17 heavy (non-hydrogen) atoms. The summed E-state index contributed by atoms with van der Waals surface area (Å²) in [6.07, 6.45) is -4.65. The lowest BCUT2D eigenvalue weighted by Crippen LogP contribution is -2.16. The van der Waals surface area contributed by atoms with Crippen LogP contribution in [0.1, 0.15) is 15.9 Å². The van der Waals surface area contributed by atoms with Crippen LogP contribution < -0.4 is 10.5 Å². The fourth-order valence-electron chi connectivity index (χ4n) is 1.29. The zero-order valence-electron chi connectivity index (χ0n) is 8.77. The van der Waals surface area contributed by atoms with Gasteiger partial charge in [-0.3, -0.25) is 4.79 Å². The standard InChI is InChI=1S/C10H9ClF3NO2/c1-17-9-6(10(12,13)14)2-5(3-7(9)11)8(16)4-15/h2-3H,4,15H2,1H3. The predicted octanol–water partition coefficient (Wildman–Crippen LogP) is 2.51. The Morgan fingerprint density at radius 3 is 2.47 bits per heavy atom. The van der Waals surface area contributed by atoms with E-state index in [1.54, 1.807) is 0 Å². The molecule has 0 atom stereocenters. The minimum Gasteiger partial charge on any atom is -0.495 e. The highest BCUT2D eigenvalue weighted by Crippen LogP contribution is 2.40. The number of nitrogens with two attached hydrogens (primary N) is 1. The molecule has 0 unspecified atom stereocenters. The first-order valence-corrected chi connectivity index (χ1v) is 4.87. The van der Waals surface area contributed by atoms with Crippen molar-refractivity contribution in [1.82, 2.24) is 0 Å². The molecule has 0 heterocycles. The molecular formula is C10H9ClF3NO2. The van der Waals surface area contributed by atoms with E-state index >= 15 is 0 Å². The summed E-state index contributed by atoms with van der Waals surface area (Å²) in [5, 5.41) is -0.279. The molecule has 1 rings (SSSR count). The molecule has 94 valence electrons. The Hall–Kier alpha value is -1.27. The first-order valence-electron chi connectivity index (χ1n) is 4.49. The lowest BCUT2D eigenvalue weighted by atomic mass is 10.1. The average Bonchev–Trinajstić information content (AvgIpc) is 2.25. The number of carbonyl (C=O) groups is 1. The van der Waals surface area contributed by atoms with E-state index in [0.717, 1.165) is 13.2 Å². The van der Waals surface area contributed by atoms with E-state index < -0.39 is 23.3 Å². The summed E-state index contributed by atoms with van der Waals surface area (Å²) in [7, 11) is 1.07. The van der Waals surface area contributed by atoms with Gasteiger partial charge in [0.2, 0.25) is 0 Å². The van der Waals surface area contributed by atoms with E-state index in [1.165, 1.54) is 0 Å². The minimum absolute atomic E-state index is 0.189. The lowest BCUT2D eigenvalue weighted by Gasteiger charge is -2.14. The third-order valence-electron chi connectivity index (χ3n) is 2.06. The van der Waals surface area contributed by atoms with Gasteiger partial charge in [0.05, 0.1) is 24.2 Å². The Morgan fingerprint density at radius 2 is 2.06 bits per heavy atom. The van der Waals surface area contributed by atoms with Crippen LogP contribution in [0.3, 0.4) is 0 Å². The third kappa shape index (κ3) is 2.89. The number of halogens is 4. The molecular weight excluding hydrogens is 259 g/mol. The highest BCUT2D eigenvalue weighted by Gasteiger charge is 2.36. The highest BCUT2D eigenvalue weighted by atomic mass is 35.5.